The Kier molecular flexibility index (Phi) is 10.0. The monoisotopic (exact) mass is 900 g/mol. The van der Waals surface area contributed by atoms with E-state index in [4.69, 9.17) is 9.47 Å². The van der Waals surface area contributed by atoms with Gasteiger partial charge < -0.3 is 33.5 Å². The van der Waals surface area contributed by atoms with Crippen LogP contribution in [0, 0.1) is 0 Å². The third-order valence-electron chi connectivity index (χ3n) is 10.6. The topological polar surface area (TPSA) is 75.2 Å². The number of halogens is 1. The average Bonchev–Trinajstić information content (AvgIpc) is 3.29. The van der Waals surface area contributed by atoms with Crippen LogP contribution in [-0.4, -0.2) is 38.8 Å². The number of fused-ring (bicyclic) bond motifs is 6. The van der Waals surface area contributed by atoms with Crippen molar-refractivity contribution in [2.45, 2.75) is 0 Å². The fraction of sp³-hybridized carbons (Fsp3) is 0.0408. The molecule has 0 spiro atoms. The molecule has 2 aliphatic heterocycles. The van der Waals surface area contributed by atoms with Gasteiger partial charge in [-0.25, -0.2) is 14.1 Å². The van der Waals surface area contributed by atoms with Gasteiger partial charge in [-0.15, -0.1) is 5.01 Å². The van der Waals surface area contributed by atoms with E-state index in [2.05, 4.69) is 10.0 Å². The standard InChI is InChI=1S/C49H37N6O4.HI/c1-50-42(58-48-44(54(50)36-24-11-5-12-25-36)38-28-15-17-30-40(38)46(56)52(48)34-20-7-3-8-21-34)32-19-33-43-51(2)55(37-26-13-6-14-27-37)45-39-29-16-18-31-41(39)47(57)53(49(45)59-43)35-22-9-4-10-23-35;/h3-33H,1-2H3;1H/q+1;/p-1. The number of pyridine rings is 2. The molecule has 8 aromatic rings. The zero-order valence-electron chi connectivity index (χ0n) is 32.6. The summed E-state index contributed by atoms with van der Waals surface area (Å²) < 4.78 is 18.8. The molecule has 6 aromatic carbocycles. The Balaban J connectivity index is 0.00000462. The molecule has 0 atom stereocenters. The van der Waals surface area contributed by atoms with E-state index < -0.39 is 0 Å². The number of ether oxygens (including phenoxy) is 2. The zero-order valence-corrected chi connectivity index (χ0v) is 34.7. The zero-order chi connectivity index (χ0) is 40.0. The second-order valence-electron chi connectivity index (χ2n) is 14.1. The van der Waals surface area contributed by atoms with Gasteiger partial charge in [0.2, 0.25) is 17.6 Å². The van der Waals surface area contributed by atoms with Crippen LogP contribution in [0.1, 0.15) is 0 Å². The van der Waals surface area contributed by atoms with Gasteiger partial charge in [-0.05, 0) is 66.7 Å². The van der Waals surface area contributed by atoms with E-state index in [0.717, 1.165) is 33.5 Å². The number of nitrogens with zero attached hydrogens (tertiary/aromatic N) is 6. The maximum absolute atomic E-state index is 14.3. The number of hydrogen-bond donors (Lipinski definition) is 0. The Labute approximate surface area is 362 Å². The lowest BCUT2D eigenvalue weighted by Crippen LogP contribution is -3.00. The van der Waals surface area contributed by atoms with Crippen LogP contribution < -0.4 is 54.6 Å². The highest BCUT2D eigenvalue weighted by Gasteiger charge is 2.38. The molecule has 10 rings (SSSR count). The maximum Gasteiger partial charge on any atom is 0.398 e. The molecule has 0 fully saturated rings. The van der Waals surface area contributed by atoms with Crippen LogP contribution in [-0.2, 0) is 0 Å². The van der Waals surface area contributed by atoms with Gasteiger partial charge in [0.25, 0.3) is 11.1 Å². The van der Waals surface area contributed by atoms with E-state index in [9.17, 15) is 9.59 Å². The summed E-state index contributed by atoms with van der Waals surface area (Å²) in [5.41, 5.74) is 4.18. The Morgan fingerprint density at radius 2 is 0.917 bits per heavy atom. The molecule has 11 heteroatoms. The van der Waals surface area contributed by atoms with Crippen molar-refractivity contribution in [3.8, 4) is 23.1 Å². The van der Waals surface area contributed by atoms with Crippen molar-refractivity contribution in [2.24, 2.45) is 0 Å². The van der Waals surface area contributed by atoms with Gasteiger partial charge in [0.05, 0.1) is 28.5 Å². The number of benzene rings is 6. The number of hydrogen-bond acceptors (Lipinski definition) is 7. The average molecular weight is 901 g/mol. The molecule has 294 valence electrons. The van der Waals surface area contributed by atoms with Gasteiger partial charge in [-0.2, -0.15) is 0 Å². The van der Waals surface area contributed by atoms with E-state index >= 15 is 0 Å². The van der Waals surface area contributed by atoms with Gasteiger partial charge in [0, 0.05) is 29.3 Å². The summed E-state index contributed by atoms with van der Waals surface area (Å²) in [4.78, 5) is 28.7. The van der Waals surface area contributed by atoms with Crippen molar-refractivity contribution < 1.29 is 38.1 Å². The lowest BCUT2D eigenvalue weighted by Gasteiger charge is -2.41. The van der Waals surface area contributed by atoms with Crippen LogP contribution in [0.3, 0.4) is 0 Å². The number of aromatic nitrogens is 2. The summed E-state index contributed by atoms with van der Waals surface area (Å²) in [5.74, 6) is 1.65. The van der Waals surface area contributed by atoms with Crippen LogP contribution in [0.25, 0.3) is 32.9 Å². The number of allylic oxidation sites excluding steroid dienone is 2. The summed E-state index contributed by atoms with van der Waals surface area (Å²) in [6.45, 7) is 0. The van der Waals surface area contributed by atoms with Crippen molar-refractivity contribution in [1.29, 1.82) is 0 Å². The number of hydrazone groups is 1. The Bertz CT molecular complexity index is 3130. The van der Waals surface area contributed by atoms with Crippen molar-refractivity contribution in [3.05, 3.63) is 215 Å². The molecule has 0 amide bonds. The molecule has 0 radical (unpaired) electrons. The van der Waals surface area contributed by atoms with Crippen molar-refractivity contribution in [1.82, 2.24) is 14.1 Å². The molecule has 0 saturated heterocycles. The molecule has 0 N–H and O–H groups in total. The number of hydrazine groups is 2. The highest BCUT2D eigenvalue weighted by atomic mass is 127. The van der Waals surface area contributed by atoms with E-state index in [-0.39, 0.29) is 35.1 Å². The first-order valence-corrected chi connectivity index (χ1v) is 19.2. The summed E-state index contributed by atoms with van der Waals surface area (Å²) in [5, 5.41) is 8.71. The fourth-order valence-corrected chi connectivity index (χ4v) is 7.91. The molecule has 60 heavy (non-hydrogen) atoms. The minimum absolute atomic E-state index is 0. The van der Waals surface area contributed by atoms with Crippen LogP contribution in [0.4, 0.5) is 22.7 Å². The molecule has 2 aliphatic rings. The highest BCUT2D eigenvalue weighted by Crippen LogP contribution is 2.46. The molecular formula is C49H37IN6O4. The summed E-state index contributed by atoms with van der Waals surface area (Å²) >= 11 is 0. The second kappa shape index (κ2) is 15.8. The Hall–Kier alpha value is -7.38. The summed E-state index contributed by atoms with van der Waals surface area (Å²) in [6, 6.07) is 54.3. The van der Waals surface area contributed by atoms with E-state index in [1.54, 1.807) is 9.13 Å². The normalized spacial score (nSPS) is 14.2. The first-order valence-electron chi connectivity index (χ1n) is 19.2. The predicted molar refractivity (Wildman–Crippen MR) is 234 cm³/mol. The largest absolute Gasteiger partial charge is 1.00 e. The lowest BCUT2D eigenvalue weighted by atomic mass is 10.1. The SMILES string of the molecule is CN1/C(=C\C=C\C2=[N+](C)N(c3ccccc3)c3c(n(-c4ccccc4)c(=O)c4ccccc34)O2)Oc2c(c3ccccc3c(=O)n2-c2ccccc2)N1c1ccccc1.[I-]. The predicted octanol–water partition coefficient (Wildman–Crippen LogP) is 6.26. The smallest absolute Gasteiger partial charge is 0.398 e. The number of para-hydroxylation sites is 4. The molecule has 0 bridgehead atoms. The van der Waals surface area contributed by atoms with Crippen molar-refractivity contribution >= 4 is 50.2 Å². The molecule has 2 aromatic heterocycles. The molecular weight excluding hydrogens is 863 g/mol. The van der Waals surface area contributed by atoms with Crippen LogP contribution in [0.5, 0.6) is 11.8 Å². The minimum atomic E-state index is -0.192. The van der Waals surface area contributed by atoms with E-state index in [1.165, 1.54) is 0 Å². The summed E-state index contributed by atoms with van der Waals surface area (Å²) in [6.07, 6.45) is 5.52. The van der Waals surface area contributed by atoms with Crippen LogP contribution in [0.15, 0.2) is 204 Å². The van der Waals surface area contributed by atoms with Gasteiger partial charge >= 0.3 is 5.90 Å². The maximum atomic E-state index is 14.3. The lowest BCUT2D eigenvalue weighted by molar-refractivity contribution is -0.509. The third kappa shape index (κ3) is 6.30. The molecule has 0 unspecified atom stereocenters. The first-order chi connectivity index (χ1) is 29.0. The number of rotatable bonds is 6. The third-order valence-corrected chi connectivity index (χ3v) is 10.6. The molecule has 4 heterocycles. The highest BCUT2D eigenvalue weighted by molar-refractivity contribution is 6.01. The fourth-order valence-electron chi connectivity index (χ4n) is 7.91. The second-order valence-corrected chi connectivity index (χ2v) is 14.1. The Morgan fingerprint density at radius 3 is 1.43 bits per heavy atom. The van der Waals surface area contributed by atoms with Crippen molar-refractivity contribution in [2.75, 3.05) is 24.1 Å². The van der Waals surface area contributed by atoms with E-state index in [0.29, 0.717) is 45.7 Å². The number of anilines is 4. The van der Waals surface area contributed by atoms with Gasteiger partial charge in [0.15, 0.2) is 12.7 Å². The van der Waals surface area contributed by atoms with Crippen molar-refractivity contribution in [3.63, 3.8) is 0 Å². The van der Waals surface area contributed by atoms with Gasteiger partial charge in [-0.1, -0.05) is 114 Å². The Morgan fingerprint density at radius 1 is 0.500 bits per heavy atom. The quantitative estimate of drug-likeness (QED) is 0.144. The van der Waals surface area contributed by atoms with Crippen LogP contribution in [0.2, 0.25) is 0 Å². The van der Waals surface area contributed by atoms with Gasteiger partial charge in [0.1, 0.15) is 11.4 Å². The first kappa shape index (κ1) is 38.2. The molecule has 10 nitrogen and oxygen atoms in total. The molecule has 0 aliphatic carbocycles. The van der Waals surface area contributed by atoms with E-state index in [1.807, 2.05) is 212 Å². The van der Waals surface area contributed by atoms with Crippen LogP contribution >= 0.6 is 0 Å². The van der Waals surface area contributed by atoms with Gasteiger partial charge in [-0.3, -0.25) is 14.6 Å². The summed E-state index contributed by atoms with van der Waals surface area (Å²) in [7, 11) is 3.85. The minimum Gasteiger partial charge on any atom is -1.00 e. The molecule has 0 saturated carbocycles.